The van der Waals surface area contributed by atoms with Gasteiger partial charge in [-0.1, -0.05) is 5.21 Å². The monoisotopic (exact) mass is 433 g/mol. The van der Waals surface area contributed by atoms with Crippen molar-refractivity contribution in [2.45, 2.75) is 12.8 Å². The minimum atomic E-state index is -0.408. The first-order chi connectivity index (χ1) is 15.7. The number of rotatable bonds is 7. The molecule has 2 aromatic carbocycles. The minimum Gasteiger partial charge on any atom is -0.492 e. The summed E-state index contributed by atoms with van der Waals surface area (Å²) < 4.78 is 6.88. The molecule has 1 aliphatic heterocycles. The third-order valence-corrected chi connectivity index (χ3v) is 5.38. The number of likely N-dealkylation sites (tertiary alicyclic amines) is 1. The number of nitrogens with one attached hydrogen (secondary N) is 2. The summed E-state index contributed by atoms with van der Waals surface area (Å²) in [6, 6.07) is 12.5. The molecule has 0 unspecified atom stereocenters. The molecule has 4 N–H and O–H groups in total. The standard InChI is InChI=1S/C21H23N9O2/c22-20-24-21(27-30(20)19(31)14-3-8-17-18(13-14)26-28-25-17)23-15-4-6-16(7-5-15)32-12-11-29-9-1-2-10-29/h3-8,13H,1-2,9-12H2,(H,25,26,28)(H3,22,23,24,27). The molecule has 3 heterocycles. The van der Waals surface area contributed by atoms with Gasteiger partial charge in [0, 0.05) is 17.8 Å². The molecular formula is C21H23N9O2. The number of ether oxygens (including phenoxy) is 1. The van der Waals surface area contributed by atoms with Gasteiger partial charge in [-0.15, -0.1) is 10.2 Å². The van der Waals surface area contributed by atoms with E-state index in [0.717, 1.165) is 41.3 Å². The molecule has 11 nitrogen and oxygen atoms in total. The van der Waals surface area contributed by atoms with E-state index in [2.05, 4.69) is 35.7 Å². The minimum absolute atomic E-state index is 0.0142. The molecule has 0 radical (unpaired) electrons. The first-order valence-corrected chi connectivity index (χ1v) is 10.5. The maximum absolute atomic E-state index is 12.8. The molecular weight excluding hydrogens is 410 g/mol. The molecule has 2 aromatic heterocycles. The van der Waals surface area contributed by atoms with Crippen LogP contribution in [0.3, 0.4) is 0 Å². The van der Waals surface area contributed by atoms with Crippen LogP contribution in [-0.4, -0.2) is 67.2 Å². The number of hydrogen-bond donors (Lipinski definition) is 3. The molecule has 0 aliphatic carbocycles. The number of nitrogens with two attached hydrogens (primary N) is 1. The number of H-pyrrole nitrogens is 1. The van der Waals surface area contributed by atoms with Crippen LogP contribution < -0.4 is 15.8 Å². The van der Waals surface area contributed by atoms with Gasteiger partial charge in [-0.25, -0.2) is 0 Å². The molecule has 0 saturated carbocycles. The topological polar surface area (TPSA) is 140 Å². The highest BCUT2D eigenvalue weighted by molar-refractivity contribution is 5.99. The van der Waals surface area contributed by atoms with Crippen LogP contribution in [0, 0.1) is 0 Å². The number of nitrogens with zero attached hydrogens (tertiary/aromatic N) is 6. The van der Waals surface area contributed by atoms with Gasteiger partial charge in [0.2, 0.25) is 11.9 Å². The van der Waals surface area contributed by atoms with E-state index in [9.17, 15) is 4.79 Å². The largest absolute Gasteiger partial charge is 0.492 e. The van der Waals surface area contributed by atoms with Crippen LogP contribution in [0.25, 0.3) is 11.0 Å². The number of aromatic nitrogens is 6. The second-order valence-corrected chi connectivity index (χ2v) is 7.60. The van der Waals surface area contributed by atoms with E-state index >= 15 is 0 Å². The van der Waals surface area contributed by atoms with E-state index in [-0.39, 0.29) is 11.9 Å². The summed E-state index contributed by atoms with van der Waals surface area (Å²) in [5.74, 6) is 0.599. The molecule has 0 bridgehead atoms. The van der Waals surface area contributed by atoms with E-state index in [1.165, 1.54) is 12.8 Å². The Balaban J connectivity index is 1.22. The van der Waals surface area contributed by atoms with Crippen molar-refractivity contribution in [1.29, 1.82) is 0 Å². The Kier molecular flexibility index (Phi) is 5.38. The van der Waals surface area contributed by atoms with Crippen molar-refractivity contribution in [3.05, 3.63) is 48.0 Å². The van der Waals surface area contributed by atoms with Crippen molar-refractivity contribution in [1.82, 2.24) is 35.1 Å². The number of carbonyl (C=O) groups excluding carboxylic acids is 1. The van der Waals surface area contributed by atoms with Gasteiger partial charge in [0.15, 0.2) is 0 Å². The fourth-order valence-electron chi connectivity index (χ4n) is 3.69. The highest BCUT2D eigenvalue weighted by Crippen LogP contribution is 2.20. The fraction of sp³-hybridized carbons (Fsp3) is 0.286. The van der Waals surface area contributed by atoms with E-state index in [4.69, 9.17) is 10.5 Å². The smallest absolute Gasteiger partial charge is 0.281 e. The van der Waals surface area contributed by atoms with E-state index in [0.29, 0.717) is 17.7 Å². The summed E-state index contributed by atoms with van der Waals surface area (Å²) in [7, 11) is 0. The number of anilines is 3. The Morgan fingerprint density at radius 1 is 1.16 bits per heavy atom. The summed E-state index contributed by atoms with van der Waals surface area (Å²) >= 11 is 0. The Morgan fingerprint density at radius 2 is 1.97 bits per heavy atom. The van der Waals surface area contributed by atoms with Crippen LogP contribution in [-0.2, 0) is 0 Å². The second kappa shape index (κ2) is 8.63. The van der Waals surface area contributed by atoms with E-state index < -0.39 is 5.91 Å². The number of benzene rings is 2. The van der Waals surface area contributed by atoms with Gasteiger partial charge in [-0.2, -0.15) is 9.67 Å². The zero-order chi connectivity index (χ0) is 21.9. The lowest BCUT2D eigenvalue weighted by Crippen LogP contribution is -2.25. The lowest BCUT2D eigenvalue weighted by molar-refractivity contribution is 0.0948. The molecule has 32 heavy (non-hydrogen) atoms. The molecule has 1 saturated heterocycles. The maximum atomic E-state index is 12.8. The molecule has 164 valence electrons. The SMILES string of the molecule is Nc1nc(Nc2ccc(OCCN3CCCC3)cc2)nn1C(=O)c1ccc2[nH]nnc2c1. The normalized spacial score (nSPS) is 14.1. The predicted molar refractivity (Wildman–Crippen MR) is 119 cm³/mol. The number of nitrogen functional groups attached to an aromatic ring is 1. The van der Waals surface area contributed by atoms with E-state index in [1.54, 1.807) is 18.2 Å². The summed E-state index contributed by atoms with van der Waals surface area (Å²) in [5.41, 5.74) is 8.38. The van der Waals surface area contributed by atoms with Crippen LogP contribution in [0.1, 0.15) is 23.2 Å². The van der Waals surface area contributed by atoms with Crippen LogP contribution in [0.5, 0.6) is 5.75 Å². The Morgan fingerprint density at radius 3 is 2.78 bits per heavy atom. The van der Waals surface area contributed by atoms with Crippen LogP contribution in [0.15, 0.2) is 42.5 Å². The lowest BCUT2D eigenvalue weighted by atomic mass is 10.2. The quantitative estimate of drug-likeness (QED) is 0.399. The molecule has 0 spiro atoms. The molecule has 4 aromatic rings. The number of fused-ring (bicyclic) bond motifs is 1. The number of hydrogen-bond acceptors (Lipinski definition) is 9. The van der Waals surface area contributed by atoms with E-state index in [1.807, 2.05) is 24.3 Å². The average molecular weight is 433 g/mol. The Bertz CT molecular complexity index is 1230. The van der Waals surface area contributed by atoms with Crippen molar-refractivity contribution in [3.8, 4) is 5.75 Å². The summed E-state index contributed by atoms with van der Waals surface area (Å²) in [5, 5.41) is 17.6. The third-order valence-electron chi connectivity index (χ3n) is 5.38. The number of carbonyl (C=O) groups is 1. The summed E-state index contributed by atoms with van der Waals surface area (Å²) in [4.78, 5) is 19.4. The zero-order valence-electron chi connectivity index (χ0n) is 17.4. The van der Waals surface area contributed by atoms with Gasteiger partial charge in [0.1, 0.15) is 17.9 Å². The zero-order valence-corrected chi connectivity index (χ0v) is 17.4. The van der Waals surface area contributed by atoms with Gasteiger partial charge in [-0.3, -0.25) is 14.8 Å². The van der Waals surface area contributed by atoms with Crippen molar-refractivity contribution in [2.24, 2.45) is 0 Å². The van der Waals surface area contributed by atoms with Crippen LogP contribution >= 0.6 is 0 Å². The average Bonchev–Trinajstić information content (AvgIpc) is 3.55. The summed E-state index contributed by atoms with van der Waals surface area (Å²) in [6.45, 7) is 3.93. The molecule has 1 fully saturated rings. The Labute approximate surface area is 183 Å². The molecule has 11 heteroatoms. The van der Waals surface area contributed by atoms with Crippen LogP contribution in [0.4, 0.5) is 17.6 Å². The number of aromatic amines is 1. The maximum Gasteiger partial charge on any atom is 0.281 e. The lowest BCUT2D eigenvalue weighted by Gasteiger charge is -2.15. The molecule has 0 amide bonds. The summed E-state index contributed by atoms with van der Waals surface area (Å²) in [6.07, 6.45) is 2.55. The van der Waals surface area contributed by atoms with Gasteiger partial charge in [-0.05, 0) is 68.4 Å². The highest BCUT2D eigenvalue weighted by atomic mass is 16.5. The highest BCUT2D eigenvalue weighted by Gasteiger charge is 2.17. The predicted octanol–water partition coefficient (Wildman–Crippen LogP) is 2.04. The first-order valence-electron chi connectivity index (χ1n) is 10.5. The fourth-order valence-corrected chi connectivity index (χ4v) is 3.69. The van der Waals surface area contributed by atoms with Gasteiger partial charge < -0.3 is 15.8 Å². The van der Waals surface area contributed by atoms with Crippen molar-refractivity contribution in [2.75, 3.05) is 37.3 Å². The van der Waals surface area contributed by atoms with Gasteiger partial charge in [0.25, 0.3) is 5.91 Å². The van der Waals surface area contributed by atoms with Crippen molar-refractivity contribution >= 4 is 34.5 Å². The van der Waals surface area contributed by atoms with Gasteiger partial charge >= 0.3 is 0 Å². The van der Waals surface area contributed by atoms with Gasteiger partial charge in [0.05, 0.1) is 5.52 Å². The molecule has 5 rings (SSSR count). The molecule has 0 atom stereocenters. The van der Waals surface area contributed by atoms with Crippen molar-refractivity contribution < 1.29 is 9.53 Å². The first kappa shape index (κ1) is 19.9. The molecule has 1 aliphatic rings. The Hall–Kier alpha value is -3.99. The third kappa shape index (κ3) is 4.23. The van der Waals surface area contributed by atoms with Crippen LogP contribution in [0.2, 0.25) is 0 Å². The van der Waals surface area contributed by atoms with Crippen molar-refractivity contribution in [3.63, 3.8) is 0 Å². The second-order valence-electron chi connectivity index (χ2n) is 7.60.